The van der Waals surface area contributed by atoms with Crippen molar-refractivity contribution in [2.45, 2.75) is 26.6 Å². The third-order valence-corrected chi connectivity index (χ3v) is 6.86. The highest BCUT2D eigenvalue weighted by Gasteiger charge is 2.25. The molecule has 1 aliphatic rings. The van der Waals surface area contributed by atoms with E-state index in [1.807, 2.05) is 62.5 Å². The number of carbonyl (C=O) groups excluding carboxylic acids is 3. The first-order valence-corrected chi connectivity index (χ1v) is 13.2. The predicted octanol–water partition coefficient (Wildman–Crippen LogP) is 4.73. The lowest BCUT2D eigenvalue weighted by Gasteiger charge is -2.19. The molecule has 2 aromatic heterocycles. The maximum Gasteiger partial charge on any atom is 0.410 e. The van der Waals surface area contributed by atoms with Gasteiger partial charge in [-0.25, -0.2) is 9.78 Å². The van der Waals surface area contributed by atoms with E-state index >= 15 is 0 Å². The highest BCUT2D eigenvalue weighted by molar-refractivity contribution is 5.95. The largest absolute Gasteiger partial charge is 0.445 e. The number of aryl methyl sites for hydroxylation is 1. The van der Waals surface area contributed by atoms with Crippen LogP contribution in [0.25, 0.3) is 17.0 Å². The van der Waals surface area contributed by atoms with Gasteiger partial charge in [0.1, 0.15) is 19.0 Å². The lowest BCUT2D eigenvalue weighted by atomic mass is 10.1. The summed E-state index contributed by atoms with van der Waals surface area (Å²) in [5.41, 5.74) is 4.40. The molecule has 40 heavy (non-hydrogen) atoms. The SMILES string of the molecule is CCN(Cc1cn(C)c2ccccc12)C(=O)/C=C/c1cnc2c(c1)CN(C(=O)OCc1ccccc1)CC(=O)N2. The summed E-state index contributed by atoms with van der Waals surface area (Å²) < 4.78 is 7.50. The van der Waals surface area contributed by atoms with E-state index < -0.39 is 6.09 Å². The first kappa shape index (κ1) is 26.7. The molecule has 0 unspecified atom stereocenters. The van der Waals surface area contributed by atoms with Crippen LogP contribution in [-0.4, -0.2) is 50.3 Å². The molecule has 0 spiro atoms. The number of nitrogens with zero attached hydrogens (tertiary/aromatic N) is 4. The van der Waals surface area contributed by atoms with Crippen LogP contribution in [-0.2, 0) is 41.1 Å². The van der Waals surface area contributed by atoms with Crippen LogP contribution in [0.3, 0.4) is 0 Å². The Morgan fingerprint density at radius 1 is 1.10 bits per heavy atom. The Hall–Kier alpha value is -4.92. The van der Waals surface area contributed by atoms with Crippen molar-refractivity contribution in [2.24, 2.45) is 7.05 Å². The first-order chi connectivity index (χ1) is 19.4. The number of carbonyl (C=O) groups is 3. The molecule has 2 aromatic carbocycles. The molecule has 3 amide bonds. The second-order valence-corrected chi connectivity index (χ2v) is 9.69. The number of nitrogens with one attached hydrogen (secondary N) is 1. The molecule has 0 atom stereocenters. The van der Waals surface area contributed by atoms with Gasteiger partial charge in [-0.2, -0.15) is 0 Å². The number of fused-ring (bicyclic) bond motifs is 2. The molecule has 1 N–H and O–H groups in total. The molecular weight excluding hydrogens is 506 g/mol. The molecule has 3 heterocycles. The molecule has 0 aliphatic carbocycles. The Kier molecular flexibility index (Phi) is 7.91. The summed E-state index contributed by atoms with van der Waals surface area (Å²) in [5.74, 6) is -0.0869. The van der Waals surface area contributed by atoms with E-state index in [2.05, 4.69) is 33.2 Å². The van der Waals surface area contributed by atoms with Crippen molar-refractivity contribution in [1.29, 1.82) is 0 Å². The van der Waals surface area contributed by atoms with Crippen molar-refractivity contribution in [3.8, 4) is 0 Å². The molecule has 0 bridgehead atoms. The fraction of sp³-hybridized carbons (Fsp3) is 0.226. The first-order valence-electron chi connectivity index (χ1n) is 13.2. The number of likely N-dealkylation sites (N-methyl/N-ethyl adjacent to an activating group) is 1. The Morgan fingerprint density at radius 2 is 1.88 bits per heavy atom. The van der Waals surface area contributed by atoms with E-state index in [1.54, 1.807) is 17.2 Å². The highest BCUT2D eigenvalue weighted by Crippen LogP contribution is 2.23. The molecule has 9 nitrogen and oxygen atoms in total. The van der Waals surface area contributed by atoms with Crippen LogP contribution < -0.4 is 5.32 Å². The monoisotopic (exact) mass is 537 g/mol. The van der Waals surface area contributed by atoms with Crippen LogP contribution in [0.2, 0.25) is 0 Å². The molecule has 0 saturated heterocycles. The van der Waals surface area contributed by atoms with Gasteiger partial charge >= 0.3 is 6.09 Å². The van der Waals surface area contributed by atoms with Gasteiger partial charge in [0.15, 0.2) is 0 Å². The Labute approximate surface area is 232 Å². The number of para-hydroxylation sites is 1. The minimum absolute atomic E-state index is 0.112. The van der Waals surface area contributed by atoms with Gasteiger partial charge in [-0.05, 0) is 41.8 Å². The van der Waals surface area contributed by atoms with Gasteiger partial charge in [0.2, 0.25) is 11.8 Å². The van der Waals surface area contributed by atoms with Gasteiger partial charge in [-0.3, -0.25) is 14.5 Å². The Morgan fingerprint density at radius 3 is 2.67 bits per heavy atom. The zero-order valence-electron chi connectivity index (χ0n) is 22.5. The lowest BCUT2D eigenvalue weighted by Crippen LogP contribution is -2.35. The van der Waals surface area contributed by atoms with Crippen LogP contribution in [0.5, 0.6) is 0 Å². The van der Waals surface area contributed by atoms with Gasteiger partial charge in [0.05, 0.1) is 6.54 Å². The molecule has 0 saturated carbocycles. The van der Waals surface area contributed by atoms with Crippen molar-refractivity contribution in [1.82, 2.24) is 19.4 Å². The fourth-order valence-corrected chi connectivity index (χ4v) is 4.77. The van der Waals surface area contributed by atoms with Gasteiger partial charge < -0.3 is 19.5 Å². The second kappa shape index (κ2) is 11.9. The summed E-state index contributed by atoms with van der Waals surface area (Å²) >= 11 is 0. The number of anilines is 1. The average Bonchev–Trinajstić information content (AvgIpc) is 3.18. The Balaban J connectivity index is 1.27. The van der Waals surface area contributed by atoms with Gasteiger partial charge in [0.25, 0.3) is 0 Å². The third-order valence-electron chi connectivity index (χ3n) is 6.86. The van der Waals surface area contributed by atoms with Crippen molar-refractivity contribution >= 4 is 40.7 Å². The van der Waals surface area contributed by atoms with Crippen molar-refractivity contribution in [2.75, 3.05) is 18.4 Å². The summed E-state index contributed by atoms with van der Waals surface area (Å²) in [6.07, 6.45) is 6.29. The normalized spacial score (nSPS) is 13.2. The maximum atomic E-state index is 13.1. The number of rotatable bonds is 7. The zero-order valence-corrected chi connectivity index (χ0v) is 22.5. The van der Waals surface area contributed by atoms with Crippen LogP contribution in [0.15, 0.2) is 79.1 Å². The number of pyridine rings is 1. The molecule has 0 radical (unpaired) electrons. The number of amides is 3. The zero-order chi connectivity index (χ0) is 28.1. The molecule has 9 heteroatoms. The number of benzene rings is 2. The van der Waals surface area contributed by atoms with Gasteiger partial charge in [-0.1, -0.05) is 48.5 Å². The van der Waals surface area contributed by atoms with E-state index in [0.717, 1.165) is 22.0 Å². The van der Waals surface area contributed by atoms with E-state index in [0.29, 0.717) is 30.0 Å². The number of hydrogen-bond acceptors (Lipinski definition) is 5. The second-order valence-electron chi connectivity index (χ2n) is 9.69. The van der Waals surface area contributed by atoms with E-state index in [1.165, 1.54) is 11.0 Å². The minimum atomic E-state index is -0.588. The summed E-state index contributed by atoms with van der Waals surface area (Å²) in [7, 11) is 2.00. The summed E-state index contributed by atoms with van der Waals surface area (Å²) in [4.78, 5) is 45.8. The van der Waals surface area contributed by atoms with E-state index in [-0.39, 0.29) is 31.5 Å². The van der Waals surface area contributed by atoms with Crippen LogP contribution >= 0.6 is 0 Å². The molecule has 4 aromatic rings. The van der Waals surface area contributed by atoms with Crippen molar-refractivity contribution in [3.05, 3.63) is 101 Å². The average molecular weight is 538 g/mol. The molecular formula is C31H31N5O4. The lowest BCUT2D eigenvalue weighted by molar-refractivity contribution is -0.126. The van der Waals surface area contributed by atoms with E-state index in [9.17, 15) is 14.4 Å². The Bertz CT molecular complexity index is 1580. The summed E-state index contributed by atoms with van der Waals surface area (Å²) in [6.45, 7) is 3.12. The fourth-order valence-electron chi connectivity index (χ4n) is 4.77. The van der Waals surface area contributed by atoms with E-state index in [4.69, 9.17) is 4.74 Å². The molecule has 5 rings (SSSR count). The predicted molar refractivity (Wildman–Crippen MR) is 153 cm³/mol. The number of hydrogen-bond donors (Lipinski definition) is 1. The summed E-state index contributed by atoms with van der Waals surface area (Å²) in [6, 6.07) is 19.3. The minimum Gasteiger partial charge on any atom is -0.445 e. The molecule has 1 aliphatic heterocycles. The van der Waals surface area contributed by atoms with Crippen LogP contribution in [0.4, 0.5) is 10.6 Å². The number of aromatic nitrogens is 2. The molecule has 204 valence electrons. The van der Waals surface area contributed by atoms with Crippen molar-refractivity contribution in [3.63, 3.8) is 0 Å². The van der Waals surface area contributed by atoms with Gasteiger partial charge in [-0.15, -0.1) is 0 Å². The maximum absolute atomic E-state index is 13.1. The highest BCUT2D eigenvalue weighted by atomic mass is 16.6. The summed E-state index contributed by atoms with van der Waals surface area (Å²) in [5, 5.41) is 3.87. The van der Waals surface area contributed by atoms with Crippen LogP contribution in [0, 0.1) is 0 Å². The van der Waals surface area contributed by atoms with Gasteiger partial charge in [0, 0.05) is 55.1 Å². The topological polar surface area (TPSA) is 96.8 Å². The standard InChI is InChI=1S/C31H31N5O4/c1-3-35(19-25-17-34(2)27-12-8-7-11-26(25)27)29(38)14-13-23-15-24-18-36(20-28(37)33-30(24)32-16-23)31(39)40-21-22-9-5-4-6-10-22/h4-17H,3,18-21H2,1-2H3,(H,32,33,37)/b14-13+. The smallest absolute Gasteiger partial charge is 0.410 e. The van der Waals surface area contributed by atoms with Crippen LogP contribution in [0.1, 0.15) is 29.2 Å². The number of ether oxygens (including phenoxy) is 1. The quantitative estimate of drug-likeness (QED) is 0.344. The molecule has 0 fully saturated rings. The van der Waals surface area contributed by atoms with Crippen molar-refractivity contribution < 1.29 is 19.1 Å². The third kappa shape index (κ3) is 6.04.